The van der Waals surface area contributed by atoms with Crippen molar-refractivity contribution in [3.05, 3.63) is 83.4 Å². The molecular formula is C26H26N2O3. The minimum atomic E-state index is -0.380. The molecule has 3 aromatic carbocycles. The predicted octanol–water partition coefficient (Wildman–Crippen LogP) is 5.40. The van der Waals surface area contributed by atoms with Gasteiger partial charge in [-0.2, -0.15) is 0 Å². The third-order valence-corrected chi connectivity index (χ3v) is 5.58. The van der Waals surface area contributed by atoms with Crippen molar-refractivity contribution in [3.8, 4) is 11.5 Å². The number of benzene rings is 3. The van der Waals surface area contributed by atoms with Gasteiger partial charge >= 0.3 is 0 Å². The van der Waals surface area contributed by atoms with Crippen molar-refractivity contribution in [2.45, 2.75) is 27.2 Å². The highest BCUT2D eigenvalue weighted by Gasteiger charge is 2.36. The van der Waals surface area contributed by atoms with Crippen LogP contribution < -0.4 is 15.0 Å². The Hall–Kier alpha value is -3.60. The van der Waals surface area contributed by atoms with Gasteiger partial charge in [0.1, 0.15) is 11.5 Å². The topological polar surface area (TPSA) is 58.6 Å². The molecule has 31 heavy (non-hydrogen) atoms. The summed E-state index contributed by atoms with van der Waals surface area (Å²) in [4.78, 5) is 27.2. The maximum Gasteiger partial charge on any atom is 0.229 e. The molecule has 1 fully saturated rings. The standard InChI is InChI=1S/C26H26N2O3/c1-17-7-11-22(12-8-17)31-23-13-9-21(10-14-23)27-26(30)20-15-24(29)28(16-20)25-18(2)5-4-6-19(25)3/h4-14,20H,15-16H2,1-3H3,(H,27,30)/t20-/m0/s1. The highest BCUT2D eigenvalue weighted by Crippen LogP contribution is 2.31. The Morgan fingerprint density at radius 3 is 2.10 bits per heavy atom. The van der Waals surface area contributed by atoms with E-state index in [9.17, 15) is 9.59 Å². The van der Waals surface area contributed by atoms with Crippen molar-refractivity contribution < 1.29 is 14.3 Å². The van der Waals surface area contributed by atoms with E-state index in [1.165, 1.54) is 5.56 Å². The molecule has 0 bridgehead atoms. The number of nitrogens with one attached hydrogen (secondary N) is 1. The lowest BCUT2D eigenvalue weighted by molar-refractivity contribution is -0.122. The van der Waals surface area contributed by atoms with Crippen LogP contribution in [0.5, 0.6) is 11.5 Å². The quantitative estimate of drug-likeness (QED) is 0.608. The summed E-state index contributed by atoms with van der Waals surface area (Å²) in [5.41, 5.74) is 4.85. The minimum Gasteiger partial charge on any atom is -0.457 e. The van der Waals surface area contributed by atoms with Crippen LogP contribution in [-0.2, 0) is 9.59 Å². The Kier molecular flexibility index (Phi) is 5.76. The Bertz CT molecular complexity index is 1080. The van der Waals surface area contributed by atoms with Crippen LogP contribution in [-0.4, -0.2) is 18.4 Å². The highest BCUT2D eigenvalue weighted by molar-refractivity contribution is 6.04. The van der Waals surface area contributed by atoms with E-state index in [-0.39, 0.29) is 24.2 Å². The summed E-state index contributed by atoms with van der Waals surface area (Å²) in [6.45, 7) is 6.40. The summed E-state index contributed by atoms with van der Waals surface area (Å²) in [5, 5.41) is 2.93. The molecule has 1 heterocycles. The smallest absolute Gasteiger partial charge is 0.229 e. The highest BCUT2D eigenvalue weighted by atomic mass is 16.5. The first-order valence-corrected chi connectivity index (χ1v) is 10.4. The number of carbonyl (C=O) groups is 2. The van der Waals surface area contributed by atoms with Gasteiger partial charge in [0, 0.05) is 24.3 Å². The Morgan fingerprint density at radius 1 is 0.903 bits per heavy atom. The Labute approximate surface area is 182 Å². The van der Waals surface area contributed by atoms with Crippen molar-refractivity contribution in [1.82, 2.24) is 0 Å². The fourth-order valence-corrected chi connectivity index (χ4v) is 3.92. The van der Waals surface area contributed by atoms with E-state index in [0.717, 1.165) is 22.6 Å². The molecule has 158 valence electrons. The summed E-state index contributed by atoms with van der Waals surface area (Å²) in [5.74, 6) is 0.918. The number of hydrogen-bond acceptors (Lipinski definition) is 3. The van der Waals surface area contributed by atoms with Gasteiger partial charge < -0.3 is 15.0 Å². The summed E-state index contributed by atoms with van der Waals surface area (Å²) in [6, 6.07) is 21.0. The fraction of sp³-hybridized carbons (Fsp3) is 0.231. The number of aryl methyl sites for hydroxylation is 3. The molecule has 0 unspecified atom stereocenters. The second kappa shape index (κ2) is 8.64. The Balaban J connectivity index is 1.39. The van der Waals surface area contributed by atoms with Gasteiger partial charge in [-0.1, -0.05) is 35.9 Å². The summed E-state index contributed by atoms with van der Waals surface area (Å²) in [7, 11) is 0. The molecule has 3 aromatic rings. The first kappa shape index (κ1) is 20.7. The van der Waals surface area contributed by atoms with E-state index in [1.54, 1.807) is 4.90 Å². The van der Waals surface area contributed by atoms with Crippen molar-refractivity contribution >= 4 is 23.2 Å². The predicted molar refractivity (Wildman–Crippen MR) is 123 cm³/mol. The molecule has 0 radical (unpaired) electrons. The van der Waals surface area contributed by atoms with Gasteiger partial charge in [0.25, 0.3) is 0 Å². The largest absolute Gasteiger partial charge is 0.457 e. The normalized spacial score (nSPS) is 15.8. The zero-order valence-electron chi connectivity index (χ0n) is 18.0. The molecular weight excluding hydrogens is 388 g/mol. The SMILES string of the molecule is Cc1ccc(Oc2ccc(NC(=O)[C@H]3CC(=O)N(c4c(C)cccc4C)C3)cc2)cc1. The second-order valence-electron chi connectivity index (χ2n) is 8.07. The van der Waals surface area contributed by atoms with E-state index < -0.39 is 0 Å². The number of hydrogen-bond donors (Lipinski definition) is 1. The molecule has 5 heteroatoms. The molecule has 2 amide bonds. The zero-order chi connectivity index (χ0) is 22.0. The average Bonchev–Trinajstić information content (AvgIpc) is 3.12. The van der Waals surface area contributed by atoms with E-state index in [0.29, 0.717) is 18.0 Å². The van der Waals surface area contributed by atoms with E-state index >= 15 is 0 Å². The number of para-hydroxylation sites is 1. The van der Waals surface area contributed by atoms with Gasteiger partial charge in [0.15, 0.2) is 0 Å². The number of ether oxygens (including phenoxy) is 1. The maximum atomic E-state index is 12.8. The molecule has 0 aliphatic carbocycles. The molecule has 1 aliphatic rings. The van der Waals surface area contributed by atoms with Gasteiger partial charge in [-0.3, -0.25) is 9.59 Å². The number of anilines is 2. The molecule has 1 N–H and O–H groups in total. The van der Waals surface area contributed by atoms with Crippen molar-refractivity contribution in [3.63, 3.8) is 0 Å². The third-order valence-electron chi connectivity index (χ3n) is 5.58. The van der Waals surface area contributed by atoms with Crippen LogP contribution in [0.1, 0.15) is 23.1 Å². The molecule has 0 aromatic heterocycles. The van der Waals surface area contributed by atoms with Crippen molar-refractivity contribution in [1.29, 1.82) is 0 Å². The van der Waals surface area contributed by atoms with Crippen LogP contribution >= 0.6 is 0 Å². The van der Waals surface area contributed by atoms with Crippen molar-refractivity contribution in [2.75, 3.05) is 16.8 Å². The maximum absolute atomic E-state index is 12.8. The van der Waals surface area contributed by atoms with Crippen LogP contribution in [0.15, 0.2) is 66.7 Å². The monoisotopic (exact) mass is 414 g/mol. The lowest BCUT2D eigenvalue weighted by Crippen LogP contribution is -2.29. The lowest BCUT2D eigenvalue weighted by atomic mass is 10.1. The minimum absolute atomic E-state index is 0.0144. The van der Waals surface area contributed by atoms with Gasteiger partial charge in [-0.25, -0.2) is 0 Å². The Morgan fingerprint density at radius 2 is 1.48 bits per heavy atom. The van der Waals surface area contributed by atoms with Crippen LogP contribution in [0.3, 0.4) is 0 Å². The molecule has 0 saturated carbocycles. The van der Waals surface area contributed by atoms with Crippen LogP contribution in [0.4, 0.5) is 11.4 Å². The van der Waals surface area contributed by atoms with E-state index in [1.807, 2.05) is 87.5 Å². The fourth-order valence-electron chi connectivity index (χ4n) is 3.92. The first-order chi connectivity index (χ1) is 14.9. The van der Waals surface area contributed by atoms with Crippen LogP contribution in [0.2, 0.25) is 0 Å². The average molecular weight is 415 g/mol. The number of amides is 2. The van der Waals surface area contributed by atoms with Crippen LogP contribution in [0, 0.1) is 26.7 Å². The molecule has 1 saturated heterocycles. The van der Waals surface area contributed by atoms with Gasteiger partial charge in [-0.15, -0.1) is 0 Å². The number of nitrogens with zero attached hydrogens (tertiary/aromatic N) is 1. The molecule has 1 aliphatic heterocycles. The number of rotatable bonds is 5. The molecule has 4 rings (SSSR count). The number of carbonyl (C=O) groups excluding carboxylic acids is 2. The molecule has 5 nitrogen and oxygen atoms in total. The molecule has 0 spiro atoms. The zero-order valence-corrected chi connectivity index (χ0v) is 18.0. The van der Waals surface area contributed by atoms with E-state index in [4.69, 9.17) is 4.74 Å². The summed E-state index contributed by atoms with van der Waals surface area (Å²) in [6.07, 6.45) is 0.216. The summed E-state index contributed by atoms with van der Waals surface area (Å²) < 4.78 is 5.83. The molecule has 1 atom stereocenters. The van der Waals surface area contributed by atoms with Crippen LogP contribution in [0.25, 0.3) is 0 Å². The van der Waals surface area contributed by atoms with E-state index in [2.05, 4.69) is 5.32 Å². The second-order valence-corrected chi connectivity index (χ2v) is 8.07. The van der Waals surface area contributed by atoms with Gasteiger partial charge in [-0.05, 0) is 68.3 Å². The first-order valence-electron chi connectivity index (χ1n) is 10.4. The lowest BCUT2D eigenvalue weighted by Gasteiger charge is -2.21. The van der Waals surface area contributed by atoms with Gasteiger partial charge in [0.2, 0.25) is 11.8 Å². The van der Waals surface area contributed by atoms with Gasteiger partial charge in [0.05, 0.1) is 5.92 Å². The summed E-state index contributed by atoms with van der Waals surface area (Å²) >= 11 is 0. The van der Waals surface area contributed by atoms with Crippen molar-refractivity contribution in [2.24, 2.45) is 5.92 Å². The third kappa shape index (κ3) is 4.61.